The molecule has 0 atom stereocenters. The lowest BCUT2D eigenvalue weighted by Crippen LogP contribution is -2.09. The highest BCUT2D eigenvalue weighted by molar-refractivity contribution is 5.71. The number of benzene rings is 2. The molecule has 27 heavy (non-hydrogen) atoms. The second kappa shape index (κ2) is 6.28. The summed E-state index contributed by atoms with van der Waals surface area (Å²) in [5.41, 5.74) is 3.01. The van der Waals surface area contributed by atoms with Crippen LogP contribution in [0.5, 0.6) is 11.5 Å². The molecule has 0 unspecified atom stereocenters. The van der Waals surface area contributed by atoms with Crippen LogP contribution in [0, 0.1) is 0 Å². The second-order valence-corrected chi connectivity index (χ2v) is 6.27. The molecule has 0 aliphatic carbocycles. The first kappa shape index (κ1) is 15.6. The Morgan fingerprint density at radius 1 is 1.04 bits per heavy atom. The Balaban J connectivity index is 1.59. The second-order valence-electron chi connectivity index (χ2n) is 6.27. The molecular weight excluding hydrogens is 342 g/mol. The number of nitrogens with zero attached hydrogens (tertiary/aromatic N) is 5. The fourth-order valence-corrected chi connectivity index (χ4v) is 3.32. The average molecular weight is 359 g/mol. The van der Waals surface area contributed by atoms with E-state index < -0.39 is 0 Å². The van der Waals surface area contributed by atoms with Gasteiger partial charge in [-0.15, -0.1) is 10.2 Å². The third kappa shape index (κ3) is 2.64. The van der Waals surface area contributed by atoms with Gasteiger partial charge in [-0.05, 0) is 30.3 Å². The van der Waals surface area contributed by atoms with Crippen LogP contribution in [-0.2, 0) is 13.2 Å². The lowest BCUT2D eigenvalue weighted by Gasteiger charge is -2.10. The van der Waals surface area contributed by atoms with E-state index in [2.05, 4.69) is 24.3 Å². The van der Waals surface area contributed by atoms with Crippen LogP contribution in [0.15, 0.2) is 61.1 Å². The van der Waals surface area contributed by atoms with Gasteiger partial charge >= 0.3 is 0 Å². The zero-order valence-corrected chi connectivity index (χ0v) is 14.7. The van der Waals surface area contributed by atoms with E-state index in [-0.39, 0.29) is 0 Å². The predicted octanol–water partition coefficient (Wildman–Crippen LogP) is 3.08. The van der Waals surface area contributed by atoms with E-state index in [9.17, 15) is 0 Å². The maximum atomic E-state index is 5.89. The summed E-state index contributed by atoms with van der Waals surface area (Å²) in [6.45, 7) is 0.956. The Morgan fingerprint density at radius 2 is 1.93 bits per heavy atom. The topological polar surface area (TPSA) is 67.0 Å². The number of rotatable bonds is 4. The van der Waals surface area contributed by atoms with Crippen molar-refractivity contribution < 1.29 is 9.47 Å². The largest absolute Gasteiger partial charge is 0.497 e. The van der Waals surface area contributed by atoms with Gasteiger partial charge in [0.2, 0.25) is 0 Å². The van der Waals surface area contributed by atoms with Crippen LogP contribution in [0.2, 0.25) is 0 Å². The number of aromatic nitrogens is 5. The standard InChI is InChI=1S/C20H17N5O2/c1-26-16-7-8-18-17(9-16)20-23-22-19(12-27-15-5-3-2-4-6-15)24(20)11-14-10-21-13-25(14)18/h2-10,13H,11-12H2,1H3. The van der Waals surface area contributed by atoms with E-state index in [1.807, 2.05) is 61.1 Å². The molecule has 7 heteroatoms. The van der Waals surface area contributed by atoms with Crippen LogP contribution < -0.4 is 9.47 Å². The molecule has 5 rings (SSSR count). The number of imidazole rings is 1. The van der Waals surface area contributed by atoms with Crippen molar-refractivity contribution in [1.82, 2.24) is 24.3 Å². The number of para-hydroxylation sites is 1. The molecule has 0 saturated heterocycles. The smallest absolute Gasteiger partial charge is 0.171 e. The molecule has 0 amide bonds. The van der Waals surface area contributed by atoms with E-state index in [4.69, 9.17) is 9.47 Å². The molecule has 2 aromatic carbocycles. The number of fused-ring (bicyclic) bond motifs is 5. The summed E-state index contributed by atoms with van der Waals surface area (Å²) in [7, 11) is 1.66. The molecule has 0 saturated carbocycles. The predicted molar refractivity (Wildman–Crippen MR) is 99.0 cm³/mol. The molecule has 0 bridgehead atoms. The van der Waals surface area contributed by atoms with Crippen LogP contribution in [0.25, 0.3) is 17.1 Å². The molecule has 7 nitrogen and oxygen atoms in total. The zero-order chi connectivity index (χ0) is 18.2. The summed E-state index contributed by atoms with van der Waals surface area (Å²) in [5, 5.41) is 8.84. The zero-order valence-electron chi connectivity index (χ0n) is 14.7. The molecule has 0 spiro atoms. The van der Waals surface area contributed by atoms with Gasteiger partial charge in [-0.1, -0.05) is 18.2 Å². The van der Waals surface area contributed by atoms with Crippen LogP contribution in [0.4, 0.5) is 0 Å². The van der Waals surface area contributed by atoms with Gasteiger partial charge in [0.1, 0.15) is 18.1 Å². The SMILES string of the molecule is COc1ccc2c(c1)-c1nnc(COc3ccccc3)n1Cc1cncn1-2. The minimum absolute atomic E-state index is 0.338. The summed E-state index contributed by atoms with van der Waals surface area (Å²) < 4.78 is 15.4. The van der Waals surface area contributed by atoms with Gasteiger partial charge in [0.25, 0.3) is 0 Å². The monoisotopic (exact) mass is 359 g/mol. The lowest BCUT2D eigenvalue weighted by atomic mass is 10.1. The van der Waals surface area contributed by atoms with Crippen molar-refractivity contribution in [2.75, 3.05) is 7.11 Å². The summed E-state index contributed by atoms with van der Waals surface area (Å²) in [6, 6.07) is 15.6. The van der Waals surface area contributed by atoms with Gasteiger partial charge in [0.15, 0.2) is 11.6 Å². The van der Waals surface area contributed by atoms with Crippen molar-refractivity contribution >= 4 is 0 Å². The molecule has 1 aliphatic heterocycles. The average Bonchev–Trinajstić information content (AvgIpc) is 3.32. The van der Waals surface area contributed by atoms with Gasteiger partial charge in [0, 0.05) is 5.56 Å². The molecular formula is C20H17N5O2. The van der Waals surface area contributed by atoms with Crippen molar-refractivity contribution in [2.24, 2.45) is 0 Å². The quantitative estimate of drug-likeness (QED) is 0.493. The highest BCUT2D eigenvalue weighted by atomic mass is 16.5. The number of ether oxygens (including phenoxy) is 2. The minimum Gasteiger partial charge on any atom is -0.497 e. The number of methoxy groups -OCH3 is 1. The van der Waals surface area contributed by atoms with Crippen LogP contribution in [0.3, 0.4) is 0 Å². The normalized spacial score (nSPS) is 11.9. The first-order chi connectivity index (χ1) is 13.3. The number of hydrogen-bond donors (Lipinski definition) is 0. The van der Waals surface area contributed by atoms with Crippen molar-refractivity contribution in [1.29, 1.82) is 0 Å². The van der Waals surface area contributed by atoms with E-state index in [1.165, 1.54) is 0 Å². The third-order valence-electron chi connectivity index (χ3n) is 4.68. The van der Waals surface area contributed by atoms with Gasteiger partial charge in [-0.2, -0.15) is 0 Å². The Morgan fingerprint density at radius 3 is 2.78 bits per heavy atom. The summed E-state index contributed by atoms with van der Waals surface area (Å²) in [6.07, 6.45) is 3.69. The Hall–Kier alpha value is -3.61. The van der Waals surface area contributed by atoms with E-state index in [1.54, 1.807) is 7.11 Å². The summed E-state index contributed by atoms with van der Waals surface area (Å²) in [5.74, 6) is 3.13. The summed E-state index contributed by atoms with van der Waals surface area (Å²) >= 11 is 0. The highest BCUT2D eigenvalue weighted by Crippen LogP contribution is 2.33. The van der Waals surface area contributed by atoms with Gasteiger partial charge in [-0.25, -0.2) is 4.98 Å². The molecule has 134 valence electrons. The van der Waals surface area contributed by atoms with Crippen molar-refractivity contribution in [3.63, 3.8) is 0 Å². The lowest BCUT2D eigenvalue weighted by molar-refractivity contribution is 0.290. The first-order valence-electron chi connectivity index (χ1n) is 8.63. The maximum Gasteiger partial charge on any atom is 0.171 e. The van der Waals surface area contributed by atoms with E-state index in [0.717, 1.165) is 40.1 Å². The van der Waals surface area contributed by atoms with E-state index >= 15 is 0 Å². The Labute approximate surface area is 155 Å². The maximum absolute atomic E-state index is 5.89. The molecule has 4 aromatic rings. The molecule has 2 aromatic heterocycles. The Kier molecular flexibility index (Phi) is 3.64. The molecule has 0 radical (unpaired) electrons. The molecule has 0 fully saturated rings. The highest BCUT2D eigenvalue weighted by Gasteiger charge is 2.24. The third-order valence-corrected chi connectivity index (χ3v) is 4.68. The van der Waals surface area contributed by atoms with Crippen LogP contribution in [0.1, 0.15) is 11.5 Å². The molecule has 0 N–H and O–H groups in total. The van der Waals surface area contributed by atoms with Crippen molar-refractivity contribution in [3.05, 3.63) is 72.6 Å². The first-order valence-corrected chi connectivity index (χ1v) is 8.63. The number of hydrogen-bond acceptors (Lipinski definition) is 5. The fraction of sp³-hybridized carbons (Fsp3) is 0.150. The van der Waals surface area contributed by atoms with Crippen molar-refractivity contribution in [3.8, 4) is 28.6 Å². The Bertz CT molecular complexity index is 1100. The van der Waals surface area contributed by atoms with Gasteiger partial charge < -0.3 is 18.6 Å². The summed E-state index contributed by atoms with van der Waals surface area (Å²) in [4.78, 5) is 4.31. The molecule has 1 aliphatic rings. The van der Waals surface area contributed by atoms with Crippen molar-refractivity contribution in [2.45, 2.75) is 13.2 Å². The van der Waals surface area contributed by atoms with Crippen LogP contribution >= 0.6 is 0 Å². The van der Waals surface area contributed by atoms with Gasteiger partial charge in [0.05, 0.1) is 37.6 Å². The minimum atomic E-state index is 0.338. The molecule has 3 heterocycles. The van der Waals surface area contributed by atoms with E-state index in [0.29, 0.717) is 13.2 Å². The van der Waals surface area contributed by atoms with Gasteiger partial charge in [-0.3, -0.25) is 0 Å². The van der Waals surface area contributed by atoms with Crippen LogP contribution in [-0.4, -0.2) is 31.4 Å². The fourth-order valence-electron chi connectivity index (χ4n) is 3.32.